The van der Waals surface area contributed by atoms with E-state index in [2.05, 4.69) is 10.3 Å². The maximum atomic E-state index is 5.92. The molecule has 130 valence electrons. The SMILES string of the molecule is COc1ccc(CN=C(N)NCC2(OC)CCC2)cc1OC.I. The first-order valence-electron chi connectivity index (χ1n) is 7.42. The van der Waals surface area contributed by atoms with E-state index in [1.165, 1.54) is 6.42 Å². The standard InChI is InChI=1S/C16H25N3O3.HI/c1-20-13-6-5-12(9-14(13)21-2)10-18-15(17)19-11-16(22-3)7-4-8-16;/h5-6,9H,4,7-8,10-11H2,1-3H3,(H3,17,18,19);1H. The van der Waals surface area contributed by atoms with Crippen LogP contribution in [0.2, 0.25) is 0 Å². The first-order chi connectivity index (χ1) is 10.6. The van der Waals surface area contributed by atoms with Crippen molar-refractivity contribution < 1.29 is 14.2 Å². The summed E-state index contributed by atoms with van der Waals surface area (Å²) in [6.07, 6.45) is 3.34. The van der Waals surface area contributed by atoms with Gasteiger partial charge < -0.3 is 25.3 Å². The molecule has 1 aromatic rings. The van der Waals surface area contributed by atoms with E-state index in [0.29, 0.717) is 30.5 Å². The van der Waals surface area contributed by atoms with Crippen LogP contribution in [0.3, 0.4) is 0 Å². The Morgan fingerprint density at radius 2 is 1.91 bits per heavy atom. The third-order valence-electron chi connectivity index (χ3n) is 4.17. The van der Waals surface area contributed by atoms with Gasteiger partial charge in [0.25, 0.3) is 0 Å². The lowest BCUT2D eigenvalue weighted by atomic mass is 9.80. The van der Waals surface area contributed by atoms with E-state index in [1.54, 1.807) is 21.3 Å². The van der Waals surface area contributed by atoms with Gasteiger partial charge in [0.05, 0.1) is 26.4 Å². The Morgan fingerprint density at radius 1 is 1.22 bits per heavy atom. The van der Waals surface area contributed by atoms with E-state index in [1.807, 2.05) is 18.2 Å². The second-order valence-corrected chi connectivity index (χ2v) is 5.49. The lowest BCUT2D eigenvalue weighted by molar-refractivity contribution is -0.0665. The van der Waals surface area contributed by atoms with Crippen LogP contribution in [0, 0.1) is 0 Å². The molecule has 0 spiro atoms. The summed E-state index contributed by atoms with van der Waals surface area (Å²) in [4.78, 5) is 4.35. The molecule has 0 atom stereocenters. The lowest BCUT2D eigenvalue weighted by Crippen LogP contribution is -2.50. The Balaban J connectivity index is 0.00000264. The minimum atomic E-state index is -0.0660. The fourth-order valence-corrected chi connectivity index (χ4v) is 2.49. The Bertz CT molecular complexity index is 528. The van der Waals surface area contributed by atoms with Crippen molar-refractivity contribution in [2.24, 2.45) is 10.7 Å². The van der Waals surface area contributed by atoms with Crippen molar-refractivity contribution in [2.45, 2.75) is 31.4 Å². The number of nitrogens with zero attached hydrogens (tertiary/aromatic N) is 1. The monoisotopic (exact) mass is 435 g/mol. The number of nitrogens with one attached hydrogen (secondary N) is 1. The molecular formula is C16H26IN3O3. The number of rotatable bonds is 7. The van der Waals surface area contributed by atoms with E-state index in [-0.39, 0.29) is 29.6 Å². The molecule has 7 heteroatoms. The molecule has 0 unspecified atom stereocenters. The highest BCUT2D eigenvalue weighted by Crippen LogP contribution is 2.34. The van der Waals surface area contributed by atoms with Crippen LogP contribution in [0.1, 0.15) is 24.8 Å². The molecule has 0 amide bonds. The summed E-state index contributed by atoms with van der Waals surface area (Å²) < 4.78 is 16.0. The second-order valence-electron chi connectivity index (χ2n) is 5.49. The molecule has 0 aliphatic heterocycles. The van der Waals surface area contributed by atoms with Gasteiger partial charge in [-0.3, -0.25) is 0 Å². The maximum Gasteiger partial charge on any atom is 0.189 e. The summed E-state index contributed by atoms with van der Waals surface area (Å²) in [5, 5.41) is 3.14. The molecule has 3 N–H and O–H groups in total. The Kier molecular flexibility index (Phi) is 7.90. The minimum Gasteiger partial charge on any atom is -0.493 e. The van der Waals surface area contributed by atoms with E-state index < -0.39 is 0 Å². The topological polar surface area (TPSA) is 78.1 Å². The quantitative estimate of drug-likeness (QED) is 0.391. The van der Waals surface area contributed by atoms with E-state index in [0.717, 1.165) is 18.4 Å². The molecule has 0 radical (unpaired) electrons. The Hall–Kier alpha value is -1.22. The summed E-state index contributed by atoms with van der Waals surface area (Å²) in [6.45, 7) is 1.18. The molecular weight excluding hydrogens is 409 g/mol. The second kappa shape index (κ2) is 9.17. The van der Waals surface area contributed by atoms with Crippen LogP contribution in [0.15, 0.2) is 23.2 Å². The van der Waals surface area contributed by atoms with Crippen molar-refractivity contribution in [3.05, 3.63) is 23.8 Å². The van der Waals surface area contributed by atoms with Crippen molar-refractivity contribution in [2.75, 3.05) is 27.9 Å². The number of hydrogen-bond acceptors (Lipinski definition) is 4. The molecule has 2 rings (SSSR count). The number of nitrogens with two attached hydrogens (primary N) is 1. The number of hydrogen-bond donors (Lipinski definition) is 2. The van der Waals surface area contributed by atoms with Gasteiger partial charge in [-0.2, -0.15) is 0 Å². The van der Waals surface area contributed by atoms with Crippen LogP contribution in [0.25, 0.3) is 0 Å². The van der Waals surface area contributed by atoms with E-state index in [4.69, 9.17) is 19.9 Å². The average Bonchev–Trinajstić information content (AvgIpc) is 2.52. The molecule has 23 heavy (non-hydrogen) atoms. The maximum absolute atomic E-state index is 5.92. The summed E-state index contributed by atoms with van der Waals surface area (Å²) in [5.74, 6) is 1.82. The summed E-state index contributed by atoms with van der Waals surface area (Å²) in [6, 6.07) is 5.71. The largest absolute Gasteiger partial charge is 0.493 e. The number of halogens is 1. The number of guanidine groups is 1. The molecule has 0 bridgehead atoms. The predicted octanol–water partition coefficient (Wildman–Crippen LogP) is 2.30. The van der Waals surface area contributed by atoms with Gasteiger partial charge in [-0.15, -0.1) is 24.0 Å². The average molecular weight is 435 g/mol. The molecule has 0 heterocycles. The van der Waals surface area contributed by atoms with Gasteiger partial charge in [0.15, 0.2) is 17.5 Å². The van der Waals surface area contributed by atoms with Gasteiger partial charge in [-0.05, 0) is 37.0 Å². The van der Waals surface area contributed by atoms with Crippen LogP contribution in [0.4, 0.5) is 0 Å². The van der Waals surface area contributed by atoms with Gasteiger partial charge >= 0.3 is 0 Å². The van der Waals surface area contributed by atoms with Gasteiger partial charge in [-0.25, -0.2) is 4.99 Å². The zero-order valence-corrected chi connectivity index (χ0v) is 16.3. The van der Waals surface area contributed by atoms with Crippen molar-refractivity contribution in [3.63, 3.8) is 0 Å². The molecule has 1 aromatic carbocycles. The lowest BCUT2D eigenvalue weighted by Gasteiger charge is -2.40. The van der Waals surface area contributed by atoms with E-state index in [9.17, 15) is 0 Å². The van der Waals surface area contributed by atoms with E-state index >= 15 is 0 Å². The highest BCUT2D eigenvalue weighted by atomic mass is 127. The Morgan fingerprint density at radius 3 is 2.43 bits per heavy atom. The number of aliphatic imine (C=N–C) groups is 1. The third-order valence-corrected chi connectivity index (χ3v) is 4.17. The first-order valence-corrected chi connectivity index (χ1v) is 7.42. The van der Waals surface area contributed by atoms with Gasteiger partial charge in [0.2, 0.25) is 0 Å². The van der Waals surface area contributed by atoms with Crippen molar-refractivity contribution in [1.29, 1.82) is 0 Å². The smallest absolute Gasteiger partial charge is 0.189 e. The molecule has 0 saturated heterocycles. The van der Waals surface area contributed by atoms with Crippen LogP contribution >= 0.6 is 24.0 Å². The number of benzene rings is 1. The number of methoxy groups -OCH3 is 3. The highest BCUT2D eigenvalue weighted by molar-refractivity contribution is 14.0. The van der Waals surface area contributed by atoms with Crippen LogP contribution in [0.5, 0.6) is 11.5 Å². The van der Waals surface area contributed by atoms with Gasteiger partial charge in [-0.1, -0.05) is 6.07 Å². The van der Waals surface area contributed by atoms with Crippen LogP contribution in [-0.4, -0.2) is 39.4 Å². The van der Waals surface area contributed by atoms with Gasteiger partial charge in [0, 0.05) is 13.7 Å². The molecule has 0 aromatic heterocycles. The summed E-state index contributed by atoms with van der Waals surface area (Å²) in [7, 11) is 4.98. The zero-order valence-electron chi connectivity index (χ0n) is 13.9. The van der Waals surface area contributed by atoms with Crippen molar-refractivity contribution >= 4 is 29.9 Å². The zero-order chi connectivity index (χ0) is 16.0. The van der Waals surface area contributed by atoms with Crippen molar-refractivity contribution in [1.82, 2.24) is 5.32 Å². The summed E-state index contributed by atoms with van der Waals surface area (Å²) >= 11 is 0. The normalized spacial score (nSPS) is 16.0. The fourth-order valence-electron chi connectivity index (χ4n) is 2.49. The third kappa shape index (κ3) is 5.13. The Labute approximate surface area is 154 Å². The molecule has 1 aliphatic carbocycles. The molecule has 1 saturated carbocycles. The first kappa shape index (κ1) is 19.8. The van der Waals surface area contributed by atoms with Crippen molar-refractivity contribution in [3.8, 4) is 11.5 Å². The highest BCUT2D eigenvalue weighted by Gasteiger charge is 2.36. The molecule has 1 aliphatic rings. The summed E-state index contributed by atoms with van der Waals surface area (Å²) in [5.41, 5.74) is 6.86. The molecule has 6 nitrogen and oxygen atoms in total. The van der Waals surface area contributed by atoms with Crippen LogP contribution in [-0.2, 0) is 11.3 Å². The number of ether oxygens (including phenoxy) is 3. The predicted molar refractivity (Wildman–Crippen MR) is 102 cm³/mol. The fraction of sp³-hybridized carbons (Fsp3) is 0.562. The molecule has 1 fully saturated rings. The van der Waals surface area contributed by atoms with Gasteiger partial charge in [0.1, 0.15) is 0 Å². The minimum absolute atomic E-state index is 0. The van der Waals surface area contributed by atoms with Crippen LogP contribution < -0.4 is 20.5 Å².